The number of alkyl halides is 3. The Morgan fingerprint density at radius 3 is 2.47 bits per heavy atom. The summed E-state index contributed by atoms with van der Waals surface area (Å²) in [5, 5.41) is 9.38. The summed E-state index contributed by atoms with van der Waals surface area (Å²) in [5.41, 5.74) is -0.647. The zero-order valence-corrected chi connectivity index (χ0v) is 10.6. The van der Waals surface area contributed by atoms with Crippen LogP contribution >= 0.6 is 0 Å². The molecule has 1 aromatic rings. The van der Waals surface area contributed by atoms with Crippen molar-refractivity contribution in [2.24, 2.45) is 0 Å². The molecule has 0 aliphatic rings. The van der Waals surface area contributed by atoms with Crippen LogP contribution in [0.5, 0.6) is 5.75 Å². The van der Waals surface area contributed by atoms with Gasteiger partial charge in [-0.05, 0) is 36.1 Å². The molecule has 0 heterocycles. The number of methoxy groups -OCH3 is 1. The number of halogens is 3. The first-order valence-electron chi connectivity index (χ1n) is 5.75. The molecule has 0 radical (unpaired) electrons. The minimum atomic E-state index is -4.53. The van der Waals surface area contributed by atoms with Crippen LogP contribution in [0.25, 0.3) is 0 Å². The van der Waals surface area contributed by atoms with Gasteiger partial charge in [0, 0.05) is 0 Å². The third kappa shape index (κ3) is 4.15. The van der Waals surface area contributed by atoms with Crippen LogP contribution in [-0.2, 0) is 15.7 Å². The number of hydrogen-bond acceptors (Lipinski definition) is 3. The highest BCUT2D eigenvalue weighted by molar-refractivity contribution is 5.70. The van der Waals surface area contributed by atoms with Gasteiger partial charge in [0.05, 0.1) is 19.1 Å². The Hall–Kier alpha value is -1.72. The van der Waals surface area contributed by atoms with Gasteiger partial charge in [0.2, 0.25) is 0 Å². The standard InChI is InChI=1S/C13H15F3O3/c1-3-8(6-12(18)19-2)9-4-10(13(14,15)16)7-11(17)5-9/h4-5,7-8,17H,3,6H2,1-2H3. The number of phenolic OH excluding ortho intramolecular Hbond substituents is 1. The van der Waals surface area contributed by atoms with Crippen molar-refractivity contribution in [1.82, 2.24) is 0 Å². The lowest BCUT2D eigenvalue weighted by atomic mass is 9.91. The predicted molar refractivity (Wildman–Crippen MR) is 62.8 cm³/mol. The van der Waals surface area contributed by atoms with E-state index < -0.39 is 29.4 Å². The van der Waals surface area contributed by atoms with Gasteiger partial charge in [-0.3, -0.25) is 4.79 Å². The largest absolute Gasteiger partial charge is 0.508 e. The van der Waals surface area contributed by atoms with Gasteiger partial charge in [0.25, 0.3) is 0 Å². The van der Waals surface area contributed by atoms with E-state index in [0.717, 1.165) is 6.07 Å². The van der Waals surface area contributed by atoms with E-state index in [1.54, 1.807) is 6.92 Å². The first-order valence-corrected chi connectivity index (χ1v) is 5.75. The highest BCUT2D eigenvalue weighted by Crippen LogP contribution is 2.35. The molecular formula is C13H15F3O3. The van der Waals surface area contributed by atoms with Crippen molar-refractivity contribution in [3.63, 3.8) is 0 Å². The van der Waals surface area contributed by atoms with E-state index in [1.807, 2.05) is 0 Å². The van der Waals surface area contributed by atoms with Crippen molar-refractivity contribution in [2.75, 3.05) is 7.11 Å². The number of carbonyl (C=O) groups is 1. The molecule has 0 amide bonds. The molecule has 19 heavy (non-hydrogen) atoms. The van der Waals surface area contributed by atoms with Crippen molar-refractivity contribution in [2.45, 2.75) is 31.9 Å². The Morgan fingerprint density at radius 1 is 1.37 bits per heavy atom. The van der Waals surface area contributed by atoms with Crippen LogP contribution in [0.1, 0.15) is 36.8 Å². The van der Waals surface area contributed by atoms with Crippen LogP contribution in [0.4, 0.5) is 13.2 Å². The van der Waals surface area contributed by atoms with Crippen molar-refractivity contribution >= 4 is 5.97 Å². The smallest absolute Gasteiger partial charge is 0.416 e. The highest BCUT2D eigenvalue weighted by Gasteiger charge is 2.32. The summed E-state index contributed by atoms with van der Waals surface area (Å²) in [6.07, 6.45) is -4.08. The van der Waals surface area contributed by atoms with E-state index in [2.05, 4.69) is 4.74 Å². The Kier molecular flexibility index (Phi) is 4.80. The quantitative estimate of drug-likeness (QED) is 0.856. The van der Waals surface area contributed by atoms with Crippen molar-refractivity contribution in [1.29, 1.82) is 0 Å². The molecule has 0 aliphatic heterocycles. The van der Waals surface area contributed by atoms with Crippen LogP contribution in [0.2, 0.25) is 0 Å². The number of aromatic hydroxyl groups is 1. The highest BCUT2D eigenvalue weighted by atomic mass is 19.4. The lowest BCUT2D eigenvalue weighted by Gasteiger charge is -2.16. The molecule has 1 rings (SSSR count). The predicted octanol–water partition coefficient (Wildman–Crippen LogP) is 3.47. The van der Waals surface area contributed by atoms with Gasteiger partial charge in [-0.1, -0.05) is 6.92 Å². The first kappa shape index (κ1) is 15.3. The normalized spacial score (nSPS) is 13.1. The third-order valence-corrected chi connectivity index (χ3v) is 2.87. The Balaban J connectivity index is 3.10. The molecule has 0 saturated carbocycles. The van der Waals surface area contributed by atoms with Crippen LogP contribution in [-0.4, -0.2) is 18.2 Å². The molecule has 0 bridgehead atoms. The molecule has 0 aromatic heterocycles. The van der Waals surface area contributed by atoms with E-state index in [0.29, 0.717) is 12.5 Å². The Morgan fingerprint density at radius 2 is 2.00 bits per heavy atom. The number of rotatable bonds is 4. The maximum Gasteiger partial charge on any atom is 0.416 e. The maximum atomic E-state index is 12.6. The second-order valence-electron chi connectivity index (χ2n) is 4.20. The zero-order valence-electron chi connectivity index (χ0n) is 10.6. The van der Waals surface area contributed by atoms with Crippen LogP contribution < -0.4 is 0 Å². The fourth-order valence-electron chi connectivity index (χ4n) is 1.82. The van der Waals surface area contributed by atoms with Gasteiger partial charge in [-0.25, -0.2) is 0 Å². The molecule has 106 valence electrons. The summed E-state index contributed by atoms with van der Waals surface area (Å²) in [6, 6.07) is 2.86. The summed E-state index contributed by atoms with van der Waals surface area (Å²) in [5.74, 6) is -1.38. The number of ether oxygens (including phenoxy) is 1. The minimum Gasteiger partial charge on any atom is -0.508 e. The molecule has 1 aromatic carbocycles. The van der Waals surface area contributed by atoms with Gasteiger partial charge < -0.3 is 9.84 Å². The molecule has 1 atom stereocenters. The summed E-state index contributed by atoms with van der Waals surface area (Å²) >= 11 is 0. The molecule has 0 aliphatic carbocycles. The van der Waals surface area contributed by atoms with Gasteiger partial charge in [-0.15, -0.1) is 0 Å². The average Bonchev–Trinajstić information content (AvgIpc) is 2.33. The molecule has 6 heteroatoms. The SMILES string of the molecule is CCC(CC(=O)OC)c1cc(O)cc(C(F)(F)F)c1. The zero-order chi connectivity index (χ0) is 14.6. The Labute approximate surface area is 109 Å². The van der Waals surface area contributed by atoms with Gasteiger partial charge in [-0.2, -0.15) is 13.2 Å². The Bertz CT molecular complexity index is 455. The lowest BCUT2D eigenvalue weighted by Crippen LogP contribution is -2.10. The average molecular weight is 276 g/mol. The van der Waals surface area contributed by atoms with E-state index in [4.69, 9.17) is 0 Å². The third-order valence-electron chi connectivity index (χ3n) is 2.87. The maximum absolute atomic E-state index is 12.6. The van der Waals surface area contributed by atoms with Gasteiger partial charge >= 0.3 is 12.1 Å². The first-order chi connectivity index (χ1) is 8.77. The molecule has 1 unspecified atom stereocenters. The molecule has 1 N–H and O–H groups in total. The molecule has 0 fully saturated rings. The number of phenols is 1. The summed E-state index contributed by atoms with van der Waals surface area (Å²) < 4.78 is 42.4. The number of hydrogen-bond donors (Lipinski definition) is 1. The van der Waals surface area contributed by atoms with Crippen molar-refractivity contribution in [3.05, 3.63) is 29.3 Å². The fraction of sp³-hybridized carbons (Fsp3) is 0.462. The second kappa shape index (κ2) is 5.95. The minimum absolute atomic E-state index is 0.0201. The summed E-state index contributed by atoms with van der Waals surface area (Å²) in [7, 11) is 1.22. The van der Waals surface area contributed by atoms with Gasteiger partial charge in [0.1, 0.15) is 5.75 Å². The van der Waals surface area contributed by atoms with Crippen LogP contribution in [0, 0.1) is 0 Å². The number of esters is 1. The molecular weight excluding hydrogens is 261 g/mol. The van der Waals surface area contributed by atoms with Crippen LogP contribution in [0.3, 0.4) is 0 Å². The lowest BCUT2D eigenvalue weighted by molar-refractivity contribution is -0.141. The van der Waals surface area contributed by atoms with Gasteiger partial charge in [0.15, 0.2) is 0 Å². The van der Waals surface area contributed by atoms with E-state index in [1.165, 1.54) is 13.2 Å². The van der Waals surface area contributed by atoms with Crippen molar-refractivity contribution < 1.29 is 27.8 Å². The number of benzene rings is 1. The fourth-order valence-corrected chi connectivity index (χ4v) is 1.82. The summed E-state index contributed by atoms with van der Waals surface area (Å²) in [6.45, 7) is 1.75. The topological polar surface area (TPSA) is 46.5 Å². The molecule has 3 nitrogen and oxygen atoms in total. The van der Waals surface area contributed by atoms with Crippen LogP contribution in [0.15, 0.2) is 18.2 Å². The second-order valence-corrected chi connectivity index (χ2v) is 4.20. The molecule has 0 saturated heterocycles. The number of carbonyl (C=O) groups excluding carboxylic acids is 1. The summed E-state index contributed by atoms with van der Waals surface area (Å²) in [4.78, 5) is 11.2. The van der Waals surface area contributed by atoms with Crippen molar-refractivity contribution in [3.8, 4) is 5.75 Å². The monoisotopic (exact) mass is 276 g/mol. The molecule has 0 spiro atoms. The van der Waals surface area contributed by atoms with E-state index in [9.17, 15) is 23.1 Å². The van der Waals surface area contributed by atoms with E-state index >= 15 is 0 Å². The van der Waals surface area contributed by atoms with E-state index in [-0.39, 0.29) is 12.0 Å².